The molecule has 0 spiro atoms. The van der Waals surface area contributed by atoms with Crippen molar-refractivity contribution in [3.8, 4) is 5.75 Å². The number of H-pyrrole nitrogens is 1. The van der Waals surface area contributed by atoms with E-state index in [9.17, 15) is 4.79 Å². The Morgan fingerprint density at radius 2 is 2.10 bits per heavy atom. The number of anilines is 1. The molecule has 0 amide bonds. The van der Waals surface area contributed by atoms with Gasteiger partial charge in [-0.2, -0.15) is 0 Å². The van der Waals surface area contributed by atoms with Gasteiger partial charge >= 0.3 is 0 Å². The minimum absolute atomic E-state index is 0.182. The van der Waals surface area contributed by atoms with Gasteiger partial charge in [-0.3, -0.25) is 4.79 Å². The molecule has 112 valence electrons. The third-order valence-corrected chi connectivity index (χ3v) is 4.62. The summed E-state index contributed by atoms with van der Waals surface area (Å²) in [5.74, 6) is 2.04. The number of hydrogen-bond acceptors (Lipinski definition) is 4. The van der Waals surface area contributed by atoms with Gasteiger partial charge in [0, 0.05) is 6.07 Å². The number of hydrogen-bond donors (Lipinski definition) is 2. The molecule has 2 aromatic rings. The van der Waals surface area contributed by atoms with Gasteiger partial charge in [-0.15, -0.1) is 0 Å². The van der Waals surface area contributed by atoms with Crippen LogP contribution in [0.15, 0.2) is 23.3 Å². The second-order valence-corrected chi connectivity index (χ2v) is 6.15. The monoisotopic (exact) mass is 287 g/mol. The Morgan fingerprint density at radius 3 is 2.86 bits per heavy atom. The van der Waals surface area contributed by atoms with Gasteiger partial charge in [0.2, 0.25) is 0 Å². The van der Waals surface area contributed by atoms with E-state index in [1.165, 1.54) is 12.7 Å². The second-order valence-electron chi connectivity index (χ2n) is 6.15. The molecular formula is C16H21N3O2. The van der Waals surface area contributed by atoms with E-state index in [-0.39, 0.29) is 11.7 Å². The molecule has 3 rings (SSSR count). The maximum absolute atomic E-state index is 11.7. The van der Waals surface area contributed by atoms with E-state index in [2.05, 4.69) is 23.8 Å². The van der Waals surface area contributed by atoms with Gasteiger partial charge in [-0.25, -0.2) is 4.98 Å². The van der Waals surface area contributed by atoms with Crippen molar-refractivity contribution in [2.24, 2.45) is 11.8 Å². The third-order valence-electron chi connectivity index (χ3n) is 4.62. The number of rotatable bonds is 2. The van der Waals surface area contributed by atoms with Gasteiger partial charge in [0.25, 0.3) is 5.56 Å². The normalized spacial score (nSPS) is 25.9. The van der Waals surface area contributed by atoms with Gasteiger partial charge in [0.15, 0.2) is 0 Å². The highest BCUT2D eigenvalue weighted by Crippen LogP contribution is 2.34. The van der Waals surface area contributed by atoms with E-state index >= 15 is 0 Å². The average molecular weight is 287 g/mol. The maximum Gasteiger partial charge on any atom is 0.258 e. The summed E-state index contributed by atoms with van der Waals surface area (Å²) >= 11 is 0. The molecule has 0 aliphatic heterocycles. The van der Waals surface area contributed by atoms with Gasteiger partial charge in [-0.1, -0.05) is 13.8 Å². The lowest BCUT2D eigenvalue weighted by Crippen LogP contribution is -2.29. The predicted molar refractivity (Wildman–Crippen MR) is 83.4 cm³/mol. The summed E-state index contributed by atoms with van der Waals surface area (Å²) in [6.45, 7) is 4.56. The summed E-state index contributed by atoms with van der Waals surface area (Å²) in [6, 6.07) is 3.41. The van der Waals surface area contributed by atoms with Crippen LogP contribution >= 0.6 is 0 Å². The van der Waals surface area contributed by atoms with Crippen molar-refractivity contribution in [3.63, 3.8) is 0 Å². The Labute approximate surface area is 123 Å². The third kappa shape index (κ3) is 2.73. The van der Waals surface area contributed by atoms with Crippen LogP contribution < -0.4 is 16.0 Å². The first-order valence-corrected chi connectivity index (χ1v) is 7.48. The quantitative estimate of drug-likeness (QED) is 0.832. The van der Waals surface area contributed by atoms with E-state index in [0.29, 0.717) is 28.3 Å². The fourth-order valence-corrected chi connectivity index (χ4v) is 3.00. The Bertz CT molecular complexity index is 710. The molecular weight excluding hydrogens is 266 g/mol. The highest BCUT2D eigenvalue weighted by molar-refractivity contribution is 5.84. The van der Waals surface area contributed by atoms with Gasteiger partial charge in [0.1, 0.15) is 5.75 Å². The van der Waals surface area contributed by atoms with Gasteiger partial charge in [-0.05, 0) is 37.2 Å². The Kier molecular flexibility index (Phi) is 3.57. The molecule has 0 saturated heterocycles. The van der Waals surface area contributed by atoms with Crippen molar-refractivity contribution in [3.05, 3.63) is 28.8 Å². The molecule has 1 saturated carbocycles. The Hall–Kier alpha value is -2.04. The first-order chi connectivity index (χ1) is 10.0. The average Bonchev–Trinajstić information content (AvgIpc) is 2.45. The molecule has 21 heavy (non-hydrogen) atoms. The van der Waals surface area contributed by atoms with Crippen LogP contribution in [0.1, 0.15) is 33.1 Å². The molecule has 5 heteroatoms. The molecule has 1 aliphatic carbocycles. The lowest BCUT2D eigenvalue weighted by molar-refractivity contribution is 0.101. The smallest absolute Gasteiger partial charge is 0.258 e. The van der Waals surface area contributed by atoms with E-state index in [4.69, 9.17) is 10.5 Å². The summed E-state index contributed by atoms with van der Waals surface area (Å²) in [5, 5.41) is 0.494. The van der Waals surface area contributed by atoms with Gasteiger partial charge < -0.3 is 15.5 Å². The molecule has 3 N–H and O–H groups in total. The number of benzene rings is 1. The summed E-state index contributed by atoms with van der Waals surface area (Å²) in [5.41, 5.74) is 6.95. The van der Waals surface area contributed by atoms with Gasteiger partial charge in [0.05, 0.1) is 29.0 Å². The van der Waals surface area contributed by atoms with Crippen LogP contribution in [0.3, 0.4) is 0 Å². The van der Waals surface area contributed by atoms with Crippen molar-refractivity contribution in [2.45, 2.75) is 39.2 Å². The zero-order valence-corrected chi connectivity index (χ0v) is 12.4. The summed E-state index contributed by atoms with van der Waals surface area (Å²) < 4.78 is 6.08. The topological polar surface area (TPSA) is 81.0 Å². The molecule has 1 aromatic heterocycles. The number of aromatic amines is 1. The molecule has 3 atom stereocenters. The minimum atomic E-state index is -0.182. The molecule has 5 nitrogen and oxygen atoms in total. The molecule has 1 fully saturated rings. The lowest BCUT2D eigenvalue weighted by atomic mass is 9.80. The van der Waals surface area contributed by atoms with Crippen LogP contribution in [-0.2, 0) is 0 Å². The van der Waals surface area contributed by atoms with Crippen LogP contribution in [-0.4, -0.2) is 16.1 Å². The number of aromatic nitrogens is 2. The Morgan fingerprint density at radius 1 is 1.29 bits per heavy atom. The molecule has 1 aromatic carbocycles. The number of nitrogens with one attached hydrogen (secondary N) is 1. The number of nitrogens with two attached hydrogens (primary N) is 1. The highest BCUT2D eigenvalue weighted by atomic mass is 16.5. The second kappa shape index (κ2) is 5.39. The Balaban J connectivity index is 1.87. The first kappa shape index (κ1) is 13.9. The zero-order valence-electron chi connectivity index (χ0n) is 12.4. The van der Waals surface area contributed by atoms with E-state index in [1.807, 2.05) is 0 Å². The zero-order chi connectivity index (χ0) is 15.0. The number of fused-ring (bicyclic) bond motifs is 1. The van der Waals surface area contributed by atoms with E-state index < -0.39 is 0 Å². The van der Waals surface area contributed by atoms with Crippen LogP contribution in [0.25, 0.3) is 10.9 Å². The molecule has 0 bridgehead atoms. The fraction of sp³-hybridized carbons (Fsp3) is 0.500. The standard InChI is InChI=1S/C16H21N3O2/c1-9-3-4-11(5-10(9)2)21-15-7-14-12(6-13(15)17)16(20)19-8-18-14/h6-11H,3-5,17H2,1-2H3,(H,18,19,20). The highest BCUT2D eigenvalue weighted by Gasteiger charge is 2.26. The minimum Gasteiger partial charge on any atom is -0.488 e. The number of ether oxygens (including phenoxy) is 1. The van der Waals surface area contributed by atoms with Crippen LogP contribution in [0.4, 0.5) is 5.69 Å². The SMILES string of the molecule is CC1CCC(Oc2cc3nc[nH]c(=O)c3cc2N)CC1C. The number of nitrogens with zero attached hydrogens (tertiary/aromatic N) is 1. The maximum atomic E-state index is 11.7. The van der Waals surface area contributed by atoms with Crippen molar-refractivity contribution < 1.29 is 4.74 Å². The molecule has 1 aliphatic rings. The van der Waals surface area contributed by atoms with Crippen LogP contribution in [0, 0.1) is 11.8 Å². The van der Waals surface area contributed by atoms with Crippen LogP contribution in [0.5, 0.6) is 5.75 Å². The van der Waals surface area contributed by atoms with Crippen molar-refractivity contribution in [1.82, 2.24) is 9.97 Å². The predicted octanol–water partition coefficient (Wildman–Crippen LogP) is 2.71. The van der Waals surface area contributed by atoms with Crippen molar-refractivity contribution in [1.29, 1.82) is 0 Å². The van der Waals surface area contributed by atoms with E-state index in [1.54, 1.807) is 12.1 Å². The van der Waals surface area contributed by atoms with Crippen LogP contribution in [0.2, 0.25) is 0 Å². The molecule has 3 unspecified atom stereocenters. The first-order valence-electron chi connectivity index (χ1n) is 7.48. The lowest BCUT2D eigenvalue weighted by Gasteiger charge is -2.32. The van der Waals surface area contributed by atoms with E-state index in [0.717, 1.165) is 18.8 Å². The number of nitrogen functional groups attached to an aromatic ring is 1. The molecule has 0 radical (unpaired) electrons. The summed E-state index contributed by atoms with van der Waals surface area (Å²) in [4.78, 5) is 18.4. The van der Waals surface area contributed by atoms with Crippen molar-refractivity contribution in [2.75, 3.05) is 5.73 Å². The summed E-state index contributed by atoms with van der Waals surface area (Å²) in [7, 11) is 0. The largest absolute Gasteiger partial charge is 0.488 e. The molecule has 1 heterocycles. The fourth-order valence-electron chi connectivity index (χ4n) is 3.00. The summed E-state index contributed by atoms with van der Waals surface area (Å²) in [6.07, 6.45) is 4.86. The van der Waals surface area contributed by atoms with Crippen molar-refractivity contribution >= 4 is 16.6 Å².